The minimum Gasteiger partial charge on any atom is -0.368 e. The van der Waals surface area contributed by atoms with Gasteiger partial charge in [0.25, 0.3) is 0 Å². The van der Waals surface area contributed by atoms with E-state index < -0.39 is 6.29 Å². The van der Waals surface area contributed by atoms with E-state index >= 15 is 0 Å². The molecule has 0 aromatic heterocycles. The Bertz CT molecular complexity index is 206. The van der Waals surface area contributed by atoms with Crippen LogP contribution in [0.4, 0.5) is 0 Å². The molecule has 0 radical (unpaired) electrons. The van der Waals surface area contributed by atoms with Gasteiger partial charge in [0, 0.05) is 6.61 Å². The van der Waals surface area contributed by atoms with Gasteiger partial charge in [-0.2, -0.15) is 0 Å². The van der Waals surface area contributed by atoms with Gasteiger partial charge in [-0.05, 0) is 12.8 Å². The van der Waals surface area contributed by atoms with Gasteiger partial charge in [-0.1, -0.05) is 110 Å². The minimum absolute atomic E-state index is 0.550. The van der Waals surface area contributed by atoms with Crippen molar-refractivity contribution in [1.29, 1.82) is 0 Å². The first-order valence-corrected chi connectivity index (χ1v) is 10.6. The van der Waals surface area contributed by atoms with E-state index in [9.17, 15) is 5.11 Å². The molecule has 0 bridgehead atoms. The third kappa shape index (κ3) is 19.9. The predicted molar refractivity (Wildman–Crippen MR) is 102 cm³/mol. The number of unbranched alkanes of at least 4 members (excludes halogenated alkanes) is 15. The molecule has 0 aromatic carbocycles. The summed E-state index contributed by atoms with van der Waals surface area (Å²) >= 11 is 0. The molecule has 2 nitrogen and oxygen atoms in total. The molecule has 23 heavy (non-hydrogen) atoms. The third-order valence-electron chi connectivity index (χ3n) is 4.66. The number of hydrogen-bond donors (Lipinski definition) is 1. The van der Waals surface area contributed by atoms with Crippen molar-refractivity contribution in [2.75, 3.05) is 6.61 Å². The largest absolute Gasteiger partial charge is 0.368 e. The minimum atomic E-state index is -0.550. The van der Waals surface area contributed by atoms with Gasteiger partial charge in [-0.25, -0.2) is 0 Å². The first kappa shape index (κ1) is 22.9. The molecule has 0 saturated heterocycles. The summed E-state index contributed by atoms with van der Waals surface area (Å²) in [7, 11) is 0. The number of aliphatic hydroxyl groups is 1. The topological polar surface area (TPSA) is 29.5 Å². The Morgan fingerprint density at radius 2 is 0.913 bits per heavy atom. The molecule has 0 spiro atoms. The average molecular weight is 329 g/mol. The molecule has 2 heteroatoms. The second-order valence-electron chi connectivity index (χ2n) is 7.04. The molecular weight excluding hydrogens is 284 g/mol. The highest BCUT2D eigenvalue weighted by Gasteiger charge is 1.99. The Kier molecular flexibility index (Phi) is 19.9. The van der Waals surface area contributed by atoms with Gasteiger partial charge in [0.05, 0.1) is 0 Å². The molecule has 0 fully saturated rings. The molecular formula is C21H44O2. The Balaban J connectivity index is 2.97. The molecule has 1 unspecified atom stereocenters. The predicted octanol–water partition coefficient (Wildman–Crippen LogP) is 6.99. The summed E-state index contributed by atoms with van der Waals surface area (Å²) in [5, 5.41) is 9.26. The summed E-state index contributed by atoms with van der Waals surface area (Å²) in [6, 6.07) is 0. The maximum Gasteiger partial charge on any atom is 0.154 e. The second-order valence-corrected chi connectivity index (χ2v) is 7.04. The quantitative estimate of drug-likeness (QED) is 0.204. The standard InChI is InChI=1S/C21H44O2/c1-3-5-6-7-8-9-10-11-12-13-14-15-16-17-18-19-20-23-21(22)4-2/h21-22H,3-20H2,1-2H3. The normalized spacial score (nSPS) is 12.7. The van der Waals surface area contributed by atoms with E-state index in [2.05, 4.69) is 6.92 Å². The van der Waals surface area contributed by atoms with Crippen molar-refractivity contribution in [3.05, 3.63) is 0 Å². The molecule has 0 amide bonds. The number of rotatable bonds is 19. The van der Waals surface area contributed by atoms with Crippen LogP contribution in [0.5, 0.6) is 0 Å². The lowest BCUT2D eigenvalue weighted by molar-refractivity contribution is -0.101. The van der Waals surface area contributed by atoms with Crippen molar-refractivity contribution in [1.82, 2.24) is 0 Å². The Hall–Kier alpha value is -0.0800. The van der Waals surface area contributed by atoms with E-state index in [0.29, 0.717) is 13.0 Å². The maximum atomic E-state index is 9.26. The second kappa shape index (κ2) is 20.0. The zero-order valence-electron chi connectivity index (χ0n) is 16.2. The van der Waals surface area contributed by atoms with Crippen LogP contribution in [0.25, 0.3) is 0 Å². The van der Waals surface area contributed by atoms with E-state index in [-0.39, 0.29) is 0 Å². The number of hydrogen-bond acceptors (Lipinski definition) is 2. The highest BCUT2D eigenvalue weighted by Crippen LogP contribution is 2.13. The van der Waals surface area contributed by atoms with E-state index in [1.807, 2.05) is 6.92 Å². The zero-order chi connectivity index (χ0) is 17.0. The van der Waals surface area contributed by atoms with Crippen LogP contribution in [-0.4, -0.2) is 18.0 Å². The fraction of sp³-hybridized carbons (Fsp3) is 1.00. The zero-order valence-corrected chi connectivity index (χ0v) is 16.2. The smallest absolute Gasteiger partial charge is 0.154 e. The van der Waals surface area contributed by atoms with Crippen molar-refractivity contribution < 1.29 is 9.84 Å². The van der Waals surface area contributed by atoms with Gasteiger partial charge in [0.2, 0.25) is 0 Å². The third-order valence-corrected chi connectivity index (χ3v) is 4.66. The average Bonchev–Trinajstić information content (AvgIpc) is 2.57. The van der Waals surface area contributed by atoms with Gasteiger partial charge in [0.15, 0.2) is 6.29 Å². The molecule has 140 valence electrons. The van der Waals surface area contributed by atoms with E-state index in [4.69, 9.17) is 4.74 Å². The lowest BCUT2D eigenvalue weighted by Gasteiger charge is -2.08. The molecule has 0 rings (SSSR count). The first-order valence-electron chi connectivity index (χ1n) is 10.6. The van der Waals surface area contributed by atoms with Crippen LogP contribution in [-0.2, 0) is 4.74 Å². The van der Waals surface area contributed by atoms with Gasteiger partial charge >= 0.3 is 0 Å². The van der Waals surface area contributed by atoms with Gasteiger partial charge in [-0.3, -0.25) is 0 Å². The van der Waals surface area contributed by atoms with Crippen LogP contribution in [0.15, 0.2) is 0 Å². The van der Waals surface area contributed by atoms with Crippen LogP contribution in [0.3, 0.4) is 0 Å². The highest BCUT2D eigenvalue weighted by molar-refractivity contribution is 4.50. The summed E-state index contributed by atoms with van der Waals surface area (Å²) in [5.74, 6) is 0. The van der Waals surface area contributed by atoms with Crippen LogP contribution in [0, 0.1) is 0 Å². The van der Waals surface area contributed by atoms with Crippen LogP contribution >= 0.6 is 0 Å². The van der Waals surface area contributed by atoms with Crippen molar-refractivity contribution in [2.45, 2.75) is 129 Å². The number of ether oxygens (including phenoxy) is 1. The SMILES string of the molecule is CCCCCCCCCCCCCCCCCCOC(O)CC. The van der Waals surface area contributed by atoms with E-state index in [1.54, 1.807) is 0 Å². The molecule has 0 heterocycles. The van der Waals surface area contributed by atoms with Gasteiger partial charge in [0.1, 0.15) is 0 Å². The molecule has 1 N–H and O–H groups in total. The highest BCUT2D eigenvalue weighted by atomic mass is 16.6. The van der Waals surface area contributed by atoms with Gasteiger partial charge < -0.3 is 9.84 Å². The van der Waals surface area contributed by atoms with Crippen LogP contribution < -0.4 is 0 Å². The van der Waals surface area contributed by atoms with E-state index in [0.717, 1.165) is 6.42 Å². The Labute approximate surface area is 146 Å². The summed E-state index contributed by atoms with van der Waals surface area (Å²) in [6.07, 6.45) is 22.4. The molecule has 0 aliphatic carbocycles. The molecule has 0 aromatic rings. The summed E-state index contributed by atoms with van der Waals surface area (Å²) in [5.41, 5.74) is 0. The van der Waals surface area contributed by atoms with Crippen LogP contribution in [0.2, 0.25) is 0 Å². The first-order chi connectivity index (χ1) is 11.3. The molecule has 0 saturated carbocycles. The summed E-state index contributed by atoms with van der Waals surface area (Å²) in [4.78, 5) is 0. The number of aliphatic hydroxyl groups excluding tert-OH is 1. The van der Waals surface area contributed by atoms with Crippen LogP contribution in [0.1, 0.15) is 123 Å². The van der Waals surface area contributed by atoms with Crippen molar-refractivity contribution >= 4 is 0 Å². The molecule has 1 atom stereocenters. The lowest BCUT2D eigenvalue weighted by atomic mass is 10.0. The fourth-order valence-corrected chi connectivity index (χ4v) is 2.99. The lowest BCUT2D eigenvalue weighted by Crippen LogP contribution is -2.10. The van der Waals surface area contributed by atoms with Crippen molar-refractivity contribution in [3.63, 3.8) is 0 Å². The van der Waals surface area contributed by atoms with E-state index in [1.165, 1.54) is 96.3 Å². The Morgan fingerprint density at radius 3 is 1.26 bits per heavy atom. The summed E-state index contributed by atoms with van der Waals surface area (Å²) in [6.45, 7) is 4.94. The maximum absolute atomic E-state index is 9.26. The fourth-order valence-electron chi connectivity index (χ4n) is 2.99. The van der Waals surface area contributed by atoms with Crippen molar-refractivity contribution in [3.8, 4) is 0 Å². The molecule has 0 aliphatic rings. The molecule has 0 aliphatic heterocycles. The summed E-state index contributed by atoms with van der Waals surface area (Å²) < 4.78 is 5.27. The van der Waals surface area contributed by atoms with Crippen molar-refractivity contribution in [2.24, 2.45) is 0 Å². The van der Waals surface area contributed by atoms with Gasteiger partial charge in [-0.15, -0.1) is 0 Å². The Morgan fingerprint density at radius 1 is 0.565 bits per heavy atom. The monoisotopic (exact) mass is 328 g/mol.